The quantitative estimate of drug-likeness (QED) is 0.123. The summed E-state index contributed by atoms with van der Waals surface area (Å²) in [7, 11) is 0. The Morgan fingerprint density at radius 2 is 1.04 bits per heavy atom. The number of halogens is 2. The average Bonchev–Trinajstić information content (AvgIpc) is 3.69. The number of phenols is 3. The smallest absolute Gasteiger partial charge is 0.161 e. The van der Waals surface area contributed by atoms with Crippen molar-refractivity contribution in [1.82, 2.24) is 20.4 Å². The van der Waals surface area contributed by atoms with Crippen LogP contribution in [0.3, 0.4) is 0 Å². The van der Waals surface area contributed by atoms with Crippen LogP contribution in [0.15, 0.2) is 66.7 Å². The summed E-state index contributed by atoms with van der Waals surface area (Å²) in [5.41, 5.74) is 7.41. The summed E-state index contributed by atoms with van der Waals surface area (Å²) in [5.74, 6) is 2.66. The summed E-state index contributed by atoms with van der Waals surface area (Å²) in [6.07, 6.45) is 0. The highest BCUT2D eigenvalue weighted by Gasteiger charge is 2.22. The molecule has 8 rings (SSSR count). The molecule has 6 aromatic rings. The van der Waals surface area contributed by atoms with E-state index in [4.69, 9.17) is 42.1 Å². The van der Waals surface area contributed by atoms with Gasteiger partial charge in [-0.25, -0.2) is 0 Å². The maximum absolute atomic E-state index is 10.2. The molecule has 2 aliphatic rings. The molecule has 0 fully saturated rings. The number of nitrogens with zero attached hydrogens (tertiary/aromatic N) is 2. The van der Waals surface area contributed by atoms with Crippen molar-refractivity contribution < 1.29 is 34.3 Å². The van der Waals surface area contributed by atoms with E-state index >= 15 is 0 Å². The fourth-order valence-corrected chi connectivity index (χ4v) is 6.13. The number of aryl methyl sites for hydroxylation is 2. The van der Waals surface area contributed by atoms with E-state index in [1.807, 2.05) is 50.2 Å². The van der Waals surface area contributed by atoms with Gasteiger partial charge in [0.05, 0.1) is 5.02 Å². The monoisotopic (exact) mass is 700 g/mol. The number of aromatic nitrogens is 4. The molecule has 0 amide bonds. The molecule has 0 spiro atoms. The van der Waals surface area contributed by atoms with Crippen LogP contribution in [0.5, 0.6) is 40.2 Å². The van der Waals surface area contributed by atoms with E-state index in [0.717, 1.165) is 39.4 Å². The SMILES string of the molecule is Cc1[nH]nc(-c2cc(Cl)c(O)cc2O)c1-c1ccc2c(c1)OCCO2.Cc1[nH]nc(-c2cc(Cl)ccc2O)c1-c1ccc2c(c1)OCCO2. The summed E-state index contributed by atoms with van der Waals surface area (Å²) in [5, 5.41) is 45.3. The first kappa shape index (κ1) is 32.0. The minimum absolute atomic E-state index is 0.104. The largest absolute Gasteiger partial charge is 0.507 e. The van der Waals surface area contributed by atoms with E-state index in [1.165, 1.54) is 12.1 Å². The average molecular weight is 702 g/mol. The summed E-state index contributed by atoms with van der Waals surface area (Å²) in [6.45, 7) is 5.94. The molecule has 0 radical (unpaired) electrons. The molecule has 0 saturated carbocycles. The number of aromatic amines is 2. The van der Waals surface area contributed by atoms with Gasteiger partial charge in [0.15, 0.2) is 23.0 Å². The highest BCUT2D eigenvalue weighted by Crippen LogP contribution is 2.44. The van der Waals surface area contributed by atoms with Crippen LogP contribution >= 0.6 is 23.2 Å². The van der Waals surface area contributed by atoms with Crippen molar-refractivity contribution >= 4 is 23.2 Å². The molecular weight excluding hydrogens is 671 g/mol. The van der Waals surface area contributed by atoms with Gasteiger partial charge in [0.1, 0.15) is 55.1 Å². The molecule has 13 heteroatoms. The van der Waals surface area contributed by atoms with Crippen LogP contribution < -0.4 is 18.9 Å². The topological polar surface area (TPSA) is 155 Å². The number of phenolic OH excluding ortho intramolecular Hbond substituents is 3. The van der Waals surface area contributed by atoms with Gasteiger partial charge in [0.25, 0.3) is 0 Å². The predicted molar refractivity (Wildman–Crippen MR) is 185 cm³/mol. The summed E-state index contributed by atoms with van der Waals surface area (Å²) in [6, 6.07) is 19.0. The molecule has 0 aliphatic carbocycles. The third kappa shape index (κ3) is 6.26. The zero-order valence-corrected chi connectivity index (χ0v) is 27.8. The Kier molecular flexibility index (Phi) is 8.62. The van der Waals surface area contributed by atoms with Crippen LogP contribution in [-0.4, -0.2) is 62.1 Å². The molecule has 250 valence electrons. The lowest BCUT2D eigenvalue weighted by atomic mass is 9.98. The molecule has 0 bridgehead atoms. The first-order valence-corrected chi connectivity index (χ1v) is 16.0. The lowest BCUT2D eigenvalue weighted by Gasteiger charge is -2.19. The first-order chi connectivity index (χ1) is 23.7. The van der Waals surface area contributed by atoms with Crippen molar-refractivity contribution in [3.63, 3.8) is 0 Å². The second-order valence-corrected chi connectivity index (χ2v) is 12.2. The standard InChI is InChI=1S/C18H15ClN2O4.C18H15ClN2O3/c1-9-17(10-2-3-15-16(6-10)25-5-4-24-15)18(21-20-9)11-7-12(19)14(23)8-13(11)22;1-10-17(11-2-5-15-16(8-11)24-7-6-23-15)18(21-20-10)13-9-12(19)3-4-14(13)22/h2-3,6-8,22-23H,4-5H2,1H3,(H,20,21);2-5,8-9,22H,6-7H2,1H3,(H,20,21). The molecule has 5 N–H and O–H groups in total. The lowest BCUT2D eigenvalue weighted by molar-refractivity contribution is 0.171. The minimum Gasteiger partial charge on any atom is -0.507 e. The fraction of sp³-hybridized carbons (Fsp3) is 0.167. The van der Waals surface area contributed by atoms with Crippen molar-refractivity contribution in [3.05, 3.63) is 88.2 Å². The van der Waals surface area contributed by atoms with Crippen molar-refractivity contribution in [3.8, 4) is 85.0 Å². The van der Waals surface area contributed by atoms with Crippen molar-refractivity contribution in [2.75, 3.05) is 26.4 Å². The zero-order chi connectivity index (χ0) is 34.2. The van der Waals surface area contributed by atoms with E-state index in [0.29, 0.717) is 71.2 Å². The van der Waals surface area contributed by atoms with E-state index in [2.05, 4.69) is 20.4 Å². The van der Waals surface area contributed by atoms with Crippen LogP contribution in [0.1, 0.15) is 11.4 Å². The van der Waals surface area contributed by atoms with Crippen molar-refractivity contribution in [1.29, 1.82) is 0 Å². The Balaban J connectivity index is 0.000000154. The van der Waals surface area contributed by atoms with Gasteiger partial charge >= 0.3 is 0 Å². The molecule has 0 atom stereocenters. The molecule has 0 unspecified atom stereocenters. The summed E-state index contributed by atoms with van der Waals surface area (Å²) >= 11 is 12.1. The molecule has 0 saturated heterocycles. The number of H-pyrrole nitrogens is 2. The number of ether oxygens (including phenoxy) is 4. The van der Waals surface area contributed by atoms with Gasteiger partial charge in [0.2, 0.25) is 0 Å². The van der Waals surface area contributed by atoms with Crippen molar-refractivity contribution in [2.45, 2.75) is 13.8 Å². The van der Waals surface area contributed by atoms with Gasteiger partial charge in [-0.15, -0.1) is 0 Å². The summed E-state index contributed by atoms with van der Waals surface area (Å²) < 4.78 is 22.4. The number of rotatable bonds is 4. The number of aromatic hydroxyl groups is 3. The lowest BCUT2D eigenvalue weighted by Crippen LogP contribution is -2.15. The van der Waals surface area contributed by atoms with E-state index in [1.54, 1.807) is 18.2 Å². The third-order valence-corrected chi connectivity index (χ3v) is 8.63. The Hall–Kier alpha value is -5.52. The molecule has 49 heavy (non-hydrogen) atoms. The van der Waals surface area contributed by atoms with Gasteiger partial charge < -0.3 is 34.3 Å². The molecule has 4 heterocycles. The molecule has 4 aromatic carbocycles. The molecule has 11 nitrogen and oxygen atoms in total. The van der Waals surface area contributed by atoms with Crippen molar-refractivity contribution in [2.24, 2.45) is 0 Å². The van der Waals surface area contributed by atoms with E-state index in [9.17, 15) is 15.3 Å². The van der Waals surface area contributed by atoms with E-state index < -0.39 is 0 Å². The number of hydrogen-bond donors (Lipinski definition) is 5. The Morgan fingerprint density at radius 1 is 0.551 bits per heavy atom. The maximum atomic E-state index is 10.2. The highest BCUT2D eigenvalue weighted by atomic mass is 35.5. The predicted octanol–water partition coefficient (Wildman–Crippen LogP) is 8.07. The second-order valence-electron chi connectivity index (χ2n) is 11.3. The Morgan fingerprint density at radius 3 is 1.57 bits per heavy atom. The highest BCUT2D eigenvalue weighted by molar-refractivity contribution is 6.32. The van der Waals surface area contributed by atoms with Crippen LogP contribution in [0, 0.1) is 13.8 Å². The van der Waals surface area contributed by atoms with Gasteiger partial charge in [-0.1, -0.05) is 35.3 Å². The van der Waals surface area contributed by atoms with Crippen LogP contribution in [0.2, 0.25) is 10.0 Å². The van der Waals surface area contributed by atoms with Crippen LogP contribution in [0.4, 0.5) is 0 Å². The van der Waals surface area contributed by atoms with Gasteiger partial charge in [-0.3, -0.25) is 10.2 Å². The zero-order valence-electron chi connectivity index (χ0n) is 26.3. The summed E-state index contributed by atoms with van der Waals surface area (Å²) in [4.78, 5) is 0. The Bertz CT molecular complexity index is 2200. The first-order valence-electron chi connectivity index (χ1n) is 15.3. The number of benzene rings is 4. The molecule has 2 aliphatic heterocycles. The fourth-order valence-electron chi connectivity index (χ4n) is 5.79. The Labute approximate surface area is 290 Å². The second kappa shape index (κ2) is 13.2. The van der Waals surface area contributed by atoms with Crippen LogP contribution in [-0.2, 0) is 0 Å². The molecule has 2 aromatic heterocycles. The van der Waals surface area contributed by atoms with E-state index in [-0.39, 0.29) is 22.3 Å². The van der Waals surface area contributed by atoms with Crippen LogP contribution in [0.25, 0.3) is 44.8 Å². The number of hydrogen-bond acceptors (Lipinski definition) is 9. The van der Waals surface area contributed by atoms with Gasteiger partial charge in [0, 0.05) is 44.7 Å². The van der Waals surface area contributed by atoms with Gasteiger partial charge in [-0.2, -0.15) is 10.2 Å². The minimum atomic E-state index is -0.184. The molecular formula is C36H30Cl2N4O7. The normalized spacial score (nSPS) is 13.1. The van der Waals surface area contributed by atoms with Gasteiger partial charge in [-0.05, 0) is 73.5 Å². The third-order valence-electron chi connectivity index (χ3n) is 8.09. The number of nitrogens with one attached hydrogen (secondary N) is 2. The number of fused-ring (bicyclic) bond motifs is 2. The maximum Gasteiger partial charge on any atom is 0.161 e.